The van der Waals surface area contributed by atoms with Crippen LogP contribution in [-0.4, -0.2) is 10.7 Å². The van der Waals surface area contributed by atoms with Gasteiger partial charge in [0.25, 0.3) is 0 Å². The first kappa shape index (κ1) is 14.9. The maximum absolute atomic E-state index is 10.6. The first-order valence-corrected chi connectivity index (χ1v) is 8.59. The van der Waals surface area contributed by atoms with Crippen molar-refractivity contribution in [1.82, 2.24) is 0 Å². The summed E-state index contributed by atoms with van der Waals surface area (Å²) in [6, 6.07) is 6.20. The molecule has 2 aliphatic rings. The van der Waals surface area contributed by atoms with Gasteiger partial charge in [-0.3, -0.25) is 0 Å². The minimum Gasteiger partial charge on any atom is -0.487 e. The van der Waals surface area contributed by atoms with Crippen LogP contribution in [0.25, 0.3) is 0 Å². The summed E-state index contributed by atoms with van der Waals surface area (Å²) in [5.41, 5.74) is 2.05. The van der Waals surface area contributed by atoms with Crippen LogP contribution in [0.3, 0.4) is 0 Å². The quantitative estimate of drug-likeness (QED) is 0.836. The molecule has 2 nitrogen and oxygen atoms in total. The second-order valence-corrected chi connectivity index (χ2v) is 7.13. The molecular formula is C19H28O2. The highest BCUT2D eigenvalue weighted by atomic mass is 16.5. The summed E-state index contributed by atoms with van der Waals surface area (Å²) in [5.74, 6) is 1.77. The molecule has 0 radical (unpaired) electrons. The third-order valence-electron chi connectivity index (χ3n) is 5.37. The zero-order chi connectivity index (χ0) is 14.9. The fourth-order valence-corrected chi connectivity index (χ4v) is 4.21. The molecule has 3 rings (SSSR count). The Morgan fingerprint density at radius 1 is 1.29 bits per heavy atom. The molecule has 0 bridgehead atoms. The summed E-state index contributed by atoms with van der Waals surface area (Å²) in [7, 11) is 0. The van der Waals surface area contributed by atoms with E-state index >= 15 is 0 Å². The fourth-order valence-electron chi connectivity index (χ4n) is 4.21. The zero-order valence-electron chi connectivity index (χ0n) is 13.4. The smallest absolute Gasteiger partial charge is 0.125 e. The molecule has 1 saturated carbocycles. The van der Waals surface area contributed by atoms with Gasteiger partial charge in [0.2, 0.25) is 0 Å². The molecule has 1 aliphatic heterocycles. The summed E-state index contributed by atoms with van der Waals surface area (Å²) in [6.45, 7) is 4.35. The van der Waals surface area contributed by atoms with E-state index in [2.05, 4.69) is 26.0 Å². The van der Waals surface area contributed by atoms with E-state index in [9.17, 15) is 5.11 Å². The van der Waals surface area contributed by atoms with Crippen LogP contribution in [0, 0.1) is 12.8 Å². The van der Waals surface area contributed by atoms with E-state index in [1.165, 1.54) is 37.7 Å². The van der Waals surface area contributed by atoms with E-state index in [4.69, 9.17) is 4.74 Å². The molecule has 21 heavy (non-hydrogen) atoms. The van der Waals surface area contributed by atoms with Gasteiger partial charge in [0, 0.05) is 12.0 Å². The van der Waals surface area contributed by atoms with Crippen LogP contribution in [0.1, 0.15) is 75.5 Å². The van der Waals surface area contributed by atoms with Crippen molar-refractivity contribution in [3.63, 3.8) is 0 Å². The van der Waals surface area contributed by atoms with Gasteiger partial charge < -0.3 is 9.84 Å². The zero-order valence-corrected chi connectivity index (χ0v) is 13.4. The van der Waals surface area contributed by atoms with Gasteiger partial charge in [-0.15, -0.1) is 0 Å². The van der Waals surface area contributed by atoms with Crippen molar-refractivity contribution in [2.45, 2.75) is 76.9 Å². The molecular weight excluding hydrogens is 260 g/mol. The molecule has 3 atom stereocenters. The standard InChI is InChI=1S/C19H28O2/c1-3-5-15-6-4-10-19(11-9-15)13-17(20)16-12-14(2)7-8-18(16)21-19/h7-8,12,15,17,20H,3-6,9-11,13H2,1-2H3/t15?,17-,19?/m0/s1. The lowest BCUT2D eigenvalue weighted by Crippen LogP contribution is -2.40. The molecule has 1 fully saturated rings. The monoisotopic (exact) mass is 288 g/mol. The highest BCUT2D eigenvalue weighted by Crippen LogP contribution is 2.46. The van der Waals surface area contributed by atoms with Crippen LogP contribution < -0.4 is 4.74 Å². The highest BCUT2D eigenvalue weighted by molar-refractivity contribution is 5.40. The Morgan fingerprint density at radius 3 is 2.95 bits per heavy atom. The number of ether oxygens (including phenoxy) is 1. The summed E-state index contributed by atoms with van der Waals surface area (Å²) in [6.07, 6.45) is 9.03. The molecule has 1 N–H and O–H groups in total. The van der Waals surface area contributed by atoms with Crippen molar-refractivity contribution in [3.05, 3.63) is 29.3 Å². The third-order valence-corrected chi connectivity index (χ3v) is 5.37. The van der Waals surface area contributed by atoms with Crippen LogP contribution >= 0.6 is 0 Å². The van der Waals surface area contributed by atoms with Crippen molar-refractivity contribution < 1.29 is 9.84 Å². The van der Waals surface area contributed by atoms with Crippen molar-refractivity contribution in [2.24, 2.45) is 5.92 Å². The number of benzene rings is 1. The molecule has 0 amide bonds. The number of fused-ring (bicyclic) bond motifs is 1. The molecule has 2 heteroatoms. The summed E-state index contributed by atoms with van der Waals surface area (Å²) < 4.78 is 6.43. The average molecular weight is 288 g/mol. The van der Waals surface area contributed by atoms with Gasteiger partial charge in [-0.2, -0.15) is 0 Å². The van der Waals surface area contributed by atoms with Crippen LogP contribution in [0.4, 0.5) is 0 Å². The second kappa shape index (κ2) is 6.00. The predicted octanol–water partition coefficient (Wildman–Crippen LogP) is 4.93. The maximum Gasteiger partial charge on any atom is 0.125 e. The largest absolute Gasteiger partial charge is 0.487 e. The maximum atomic E-state index is 10.6. The number of hydrogen-bond donors (Lipinski definition) is 1. The lowest BCUT2D eigenvalue weighted by molar-refractivity contribution is -0.0251. The van der Waals surface area contributed by atoms with E-state index in [1.807, 2.05) is 6.07 Å². The third kappa shape index (κ3) is 3.11. The number of aliphatic hydroxyl groups is 1. The molecule has 0 saturated heterocycles. The van der Waals surface area contributed by atoms with Crippen LogP contribution in [0.15, 0.2) is 18.2 Å². The molecule has 0 aromatic heterocycles. The lowest BCUT2D eigenvalue weighted by Gasteiger charge is -2.40. The van der Waals surface area contributed by atoms with Crippen LogP contribution in [-0.2, 0) is 0 Å². The Balaban J connectivity index is 1.79. The Hall–Kier alpha value is -1.02. The number of rotatable bonds is 2. The van der Waals surface area contributed by atoms with E-state index in [1.54, 1.807) is 0 Å². The van der Waals surface area contributed by atoms with Gasteiger partial charge in [0.15, 0.2) is 0 Å². The van der Waals surface area contributed by atoms with E-state index in [0.29, 0.717) is 0 Å². The first-order chi connectivity index (χ1) is 10.1. The Morgan fingerprint density at radius 2 is 2.14 bits per heavy atom. The Labute approximate surface area is 128 Å². The van der Waals surface area contributed by atoms with Gasteiger partial charge in [-0.05, 0) is 50.7 Å². The highest BCUT2D eigenvalue weighted by Gasteiger charge is 2.41. The number of aryl methyl sites for hydroxylation is 1. The fraction of sp³-hybridized carbons (Fsp3) is 0.684. The van der Waals surface area contributed by atoms with Crippen molar-refractivity contribution in [3.8, 4) is 5.75 Å². The van der Waals surface area contributed by atoms with Crippen LogP contribution in [0.5, 0.6) is 5.75 Å². The van der Waals surface area contributed by atoms with E-state index in [0.717, 1.165) is 36.5 Å². The summed E-state index contributed by atoms with van der Waals surface area (Å²) in [5, 5.41) is 10.6. The number of aliphatic hydroxyl groups excluding tert-OH is 1. The van der Waals surface area contributed by atoms with E-state index < -0.39 is 0 Å². The van der Waals surface area contributed by atoms with Gasteiger partial charge in [0.1, 0.15) is 11.4 Å². The normalized spacial score (nSPS) is 32.3. The molecule has 1 spiro atoms. The molecule has 1 heterocycles. The first-order valence-electron chi connectivity index (χ1n) is 8.59. The van der Waals surface area contributed by atoms with Gasteiger partial charge in [0.05, 0.1) is 6.10 Å². The SMILES string of the molecule is CCCC1CCCC2(CC1)C[C@H](O)c1cc(C)ccc1O2. The topological polar surface area (TPSA) is 29.5 Å². The molecule has 1 aromatic carbocycles. The molecule has 1 aliphatic carbocycles. The minimum absolute atomic E-state index is 0.121. The van der Waals surface area contributed by atoms with E-state index in [-0.39, 0.29) is 11.7 Å². The Kier molecular flexibility index (Phi) is 4.26. The Bertz CT molecular complexity index is 496. The van der Waals surface area contributed by atoms with Crippen molar-refractivity contribution in [1.29, 1.82) is 0 Å². The predicted molar refractivity (Wildman–Crippen MR) is 85.6 cm³/mol. The summed E-state index contributed by atoms with van der Waals surface area (Å²) in [4.78, 5) is 0. The average Bonchev–Trinajstić information content (AvgIpc) is 2.64. The lowest BCUT2D eigenvalue weighted by atomic mass is 9.82. The molecule has 2 unspecified atom stereocenters. The molecule has 1 aromatic rings. The second-order valence-electron chi connectivity index (χ2n) is 7.13. The minimum atomic E-state index is -0.364. The summed E-state index contributed by atoms with van der Waals surface area (Å²) >= 11 is 0. The van der Waals surface area contributed by atoms with Crippen LogP contribution in [0.2, 0.25) is 0 Å². The number of hydrogen-bond acceptors (Lipinski definition) is 2. The van der Waals surface area contributed by atoms with Gasteiger partial charge >= 0.3 is 0 Å². The van der Waals surface area contributed by atoms with Gasteiger partial charge in [-0.25, -0.2) is 0 Å². The van der Waals surface area contributed by atoms with Gasteiger partial charge in [-0.1, -0.05) is 37.8 Å². The van der Waals surface area contributed by atoms with Crippen molar-refractivity contribution >= 4 is 0 Å². The van der Waals surface area contributed by atoms with Crippen molar-refractivity contribution in [2.75, 3.05) is 0 Å². The molecule has 116 valence electrons.